The zero-order chi connectivity index (χ0) is 6.24. The molecule has 0 aliphatic rings. The van der Waals surface area contributed by atoms with Crippen molar-refractivity contribution in [2.24, 2.45) is 0 Å². The summed E-state index contributed by atoms with van der Waals surface area (Å²) in [4.78, 5) is 0. The van der Waals surface area contributed by atoms with E-state index < -0.39 is 0 Å². The van der Waals surface area contributed by atoms with Crippen molar-refractivity contribution in [3.05, 3.63) is 0 Å². The molecular weight excluding hydrogens is 116 g/mol. The Hall–Kier alpha value is 0.177. The van der Waals surface area contributed by atoms with E-state index in [1.165, 1.54) is 29.1 Å². The van der Waals surface area contributed by atoms with Crippen molar-refractivity contribution in [3.63, 3.8) is 0 Å². The third-order valence-electron chi connectivity index (χ3n) is 0.991. The minimum Gasteiger partial charge on any atom is -0.382 e. The minimum absolute atomic E-state index is 0.971. The van der Waals surface area contributed by atoms with E-state index in [0.717, 1.165) is 13.2 Å². The van der Waals surface area contributed by atoms with E-state index >= 15 is 0 Å². The van der Waals surface area contributed by atoms with Crippen molar-refractivity contribution in [2.45, 2.75) is 25.8 Å². The molecule has 0 aromatic carbocycles. The lowest BCUT2D eigenvalue weighted by atomic mass is 10.4. The van der Waals surface area contributed by atoms with E-state index in [1.807, 2.05) is 0 Å². The molecule has 8 heavy (non-hydrogen) atoms. The van der Waals surface area contributed by atoms with Crippen LogP contribution in [0.3, 0.4) is 0 Å². The van der Waals surface area contributed by atoms with Gasteiger partial charge in [0.05, 0.1) is 0 Å². The summed E-state index contributed by atoms with van der Waals surface area (Å²) in [6.45, 7) is 4.15. The second-order valence-corrected chi connectivity index (χ2v) is 2.97. The molecule has 0 heterocycles. The predicted octanol–water partition coefficient (Wildman–Crippen LogP) is 0.587. The maximum absolute atomic E-state index is 5.26. The summed E-state index contributed by atoms with van der Waals surface area (Å²) in [7, 11) is 1.28. The van der Waals surface area contributed by atoms with Gasteiger partial charge in [-0.25, -0.2) is 0 Å². The Balaban J connectivity index is 2.53. The smallest absolute Gasteiger partial charge is 0.0465 e. The Morgan fingerprint density at radius 2 is 2.12 bits per heavy atom. The SMILES string of the molecule is CCCCOCC[SiH3]. The number of hydrogen-bond donors (Lipinski definition) is 0. The van der Waals surface area contributed by atoms with Gasteiger partial charge in [0.15, 0.2) is 0 Å². The minimum atomic E-state index is 0.971. The molecule has 0 N–H and O–H groups in total. The lowest BCUT2D eigenvalue weighted by molar-refractivity contribution is 0.145. The normalized spacial score (nSPS) is 10.1. The van der Waals surface area contributed by atoms with E-state index in [2.05, 4.69) is 6.92 Å². The van der Waals surface area contributed by atoms with Gasteiger partial charge in [-0.1, -0.05) is 13.3 Å². The standard InChI is InChI=1S/C6H16OSi/c1-2-3-4-7-5-6-8/h2-6H2,1,8H3. The highest BCUT2D eigenvalue weighted by Gasteiger charge is 1.81. The first-order chi connectivity index (χ1) is 3.91. The molecule has 0 amide bonds. The molecule has 0 radical (unpaired) electrons. The third-order valence-corrected chi connectivity index (χ3v) is 1.40. The molecule has 1 nitrogen and oxygen atoms in total. The molecule has 0 saturated carbocycles. The van der Waals surface area contributed by atoms with Gasteiger partial charge in [0.2, 0.25) is 0 Å². The molecule has 0 saturated heterocycles. The van der Waals surface area contributed by atoms with Gasteiger partial charge in [-0.2, -0.15) is 0 Å². The van der Waals surface area contributed by atoms with Gasteiger partial charge in [-0.15, -0.1) is 0 Å². The summed E-state index contributed by atoms with van der Waals surface area (Å²) < 4.78 is 5.26. The Kier molecular flexibility index (Phi) is 7.34. The van der Waals surface area contributed by atoms with E-state index in [9.17, 15) is 0 Å². The Morgan fingerprint density at radius 3 is 2.62 bits per heavy atom. The molecule has 0 spiro atoms. The first-order valence-electron chi connectivity index (χ1n) is 3.49. The molecule has 0 atom stereocenters. The summed E-state index contributed by atoms with van der Waals surface area (Å²) in [5.41, 5.74) is 0. The molecule has 0 unspecified atom stereocenters. The molecule has 0 aromatic rings. The molecule has 50 valence electrons. The highest BCUT2D eigenvalue weighted by atomic mass is 28.1. The molecule has 0 rings (SSSR count). The lowest BCUT2D eigenvalue weighted by Gasteiger charge is -1.97. The summed E-state index contributed by atoms with van der Waals surface area (Å²) in [6, 6.07) is 1.28. The van der Waals surface area contributed by atoms with Crippen molar-refractivity contribution in [2.75, 3.05) is 13.2 Å². The van der Waals surface area contributed by atoms with Gasteiger partial charge < -0.3 is 4.74 Å². The largest absolute Gasteiger partial charge is 0.382 e. The van der Waals surface area contributed by atoms with Crippen LogP contribution in [0.15, 0.2) is 0 Å². The first-order valence-corrected chi connectivity index (χ1v) is 4.91. The van der Waals surface area contributed by atoms with Crippen molar-refractivity contribution < 1.29 is 4.74 Å². The van der Waals surface area contributed by atoms with Gasteiger partial charge in [-0.3, -0.25) is 0 Å². The number of hydrogen-bond acceptors (Lipinski definition) is 1. The molecule has 0 aliphatic heterocycles. The molecule has 0 aromatic heterocycles. The predicted molar refractivity (Wildman–Crippen MR) is 40.5 cm³/mol. The second-order valence-electron chi connectivity index (χ2n) is 1.97. The highest BCUT2D eigenvalue weighted by Crippen LogP contribution is 1.87. The number of unbranched alkanes of at least 4 members (excludes halogenated alkanes) is 1. The molecule has 0 fully saturated rings. The maximum atomic E-state index is 5.26. The van der Waals surface area contributed by atoms with Crippen LogP contribution in [0.1, 0.15) is 19.8 Å². The fourth-order valence-corrected chi connectivity index (χ4v) is 0.781. The van der Waals surface area contributed by atoms with Crippen LogP contribution in [0.4, 0.5) is 0 Å². The molecule has 0 bridgehead atoms. The van der Waals surface area contributed by atoms with Gasteiger partial charge in [0.25, 0.3) is 0 Å². The fourth-order valence-electron chi connectivity index (χ4n) is 0.493. The van der Waals surface area contributed by atoms with Crippen LogP contribution in [0.5, 0.6) is 0 Å². The van der Waals surface area contributed by atoms with Crippen LogP contribution in [-0.4, -0.2) is 23.5 Å². The van der Waals surface area contributed by atoms with Gasteiger partial charge in [-0.05, 0) is 12.5 Å². The van der Waals surface area contributed by atoms with Crippen molar-refractivity contribution in [1.82, 2.24) is 0 Å². The van der Waals surface area contributed by atoms with E-state index in [1.54, 1.807) is 0 Å². The van der Waals surface area contributed by atoms with Crippen molar-refractivity contribution >= 4 is 10.2 Å². The van der Waals surface area contributed by atoms with Crippen LogP contribution in [0, 0.1) is 0 Å². The first kappa shape index (κ1) is 8.18. The van der Waals surface area contributed by atoms with Crippen LogP contribution in [0.25, 0.3) is 0 Å². The molecule has 2 heteroatoms. The maximum Gasteiger partial charge on any atom is 0.0465 e. The van der Waals surface area contributed by atoms with E-state index in [0.29, 0.717) is 0 Å². The highest BCUT2D eigenvalue weighted by molar-refractivity contribution is 6.08. The third kappa shape index (κ3) is 6.18. The van der Waals surface area contributed by atoms with Crippen molar-refractivity contribution in [1.29, 1.82) is 0 Å². The van der Waals surface area contributed by atoms with Crippen molar-refractivity contribution in [3.8, 4) is 0 Å². The van der Waals surface area contributed by atoms with E-state index in [-0.39, 0.29) is 0 Å². The van der Waals surface area contributed by atoms with Crippen LogP contribution >= 0.6 is 0 Å². The quantitative estimate of drug-likeness (QED) is 0.393. The number of ether oxygens (including phenoxy) is 1. The topological polar surface area (TPSA) is 9.23 Å². The van der Waals surface area contributed by atoms with Crippen LogP contribution in [-0.2, 0) is 4.74 Å². The second kappa shape index (κ2) is 7.18. The molecular formula is C6H16OSi. The van der Waals surface area contributed by atoms with E-state index in [4.69, 9.17) is 4.74 Å². The summed E-state index contributed by atoms with van der Waals surface area (Å²) >= 11 is 0. The van der Waals surface area contributed by atoms with Gasteiger partial charge in [0, 0.05) is 23.5 Å². The zero-order valence-electron chi connectivity index (χ0n) is 5.94. The van der Waals surface area contributed by atoms with Gasteiger partial charge in [0.1, 0.15) is 0 Å². The lowest BCUT2D eigenvalue weighted by Crippen LogP contribution is -1.94. The average molecular weight is 132 g/mol. The van der Waals surface area contributed by atoms with Crippen LogP contribution < -0.4 is 0 Å². The van der Waals surface area contributed by atoms with Crippen LogP contribution in [0.2, 0.25) is 6.04 Å². The average Bonchev–Trinajstić information content (AvgIpc) is 1.81. The Morgan fingerprint density at radius 1 is 1.38 bits per heavy atom. The Labute approximate surface area is 54.8 Å². The monoisotopic (exact) mass is 132 g/mol. The fraction of sp³-hybridized carbons (Fsp3) is 1.00. The summed E-state index contributed by atoms with van der Waals surface area (Å²) in [5, 5.41) is 0. The summed E-state index contributed by atoms with van der Waals surface area (Å²) in [5.74, 6) is 0. The zero-order valence-corrected chi connectivity index (χ0v) is 7.94. The van der Waals surface area contributed by atoms with Gasteiger partial charge >= 0.3 is 0 Å². The Bertz CT molecular complexity index is 33.5. The molecule has 0 aliphatic carbocycles. The summed E-state index contributed by atoms with van der Waals surface area (Å²) in [6.07, 6.45) is 2.47. The number of rotatable bonds is 5.